The predicted octanol–water partition coefficient (Wildman–Crippen LogP) is -0.327. The van der Waals surface area contributed by atoms with Crippen molar-refractivity contribution in [1.82, 2.24) is 10.2 Å². The highest BCUT2D eigenvalue weighted by atomic mass is 16.4. The van der Waals surface area contributed by atoms with Crippen LogP contribution < -0.4 is 5.32 Å². The highest BCUT2D eigenvalue weighted by Crippen LogP contribution is 2.03. The van der Waals surface area contributed by atoms with E-state index in [4.69, 9.17) is 5.11 Å². The maximum atomic E-state index is 11.0. The van der Waals surface area contributed by atoms with Gasteiger partial charge in [0.05, 0.1) is 6.42 Å². The molecule has 14 heavy (non-hydrogen) atoms. The standard InChI is InChI=1S/C9H16N2O3/c12-8(2-3-9(13)14)10-4-7-11-5-1-6-11/h1-7H2,(H,10,12)(H,13,14). The summed E-state index contributed by atoms with van der Waals surface area (Å²) in [5.41, 5.74) is 0. The number of nitrogens with one attached hydrogen (secondary N) is 1. The molecule has 1 heterocycles. The summed E-state index contributed by atoms with van der Waals surface area (Å²) < 4.78 is 0. The van der Waals surface area contributed by atoms with E-state index in [-0.39, 0.29) is 18.7 Å². The van der Waals surface area contributed by atoms with Gasteiger partial charge < -0.3 is 15.3 Å². The van der Waals surface area contributed by atoms with E-state index in [1.54, 1.807) is 0 Å². The van der Waals surface area contributed by atoms with Gasteiger partial charge in [-0.2, -0.15) is 0 Å². The van der Waals surface area contributed by atoms with Gasteiger partial charge in [-0.25, -0.2) is 0 Å². The zero-order chi connectivity index (χ0) is 10.4. The Labute approximate surface area is 83.1 Å². The molecule has 0 unspecified atom stereocenters. The topological polar surface area (TPSA) is 69.6 Å². The number of likely N-dealkylation sites (tertiary alicyclic amines) is 1. The molecular formula is C9H16N2O3. The van der Waals surface area contributed by atoms with Crippen LogP contribution in [0.25, 0.3) is 0 Å². The predicted molar refractivity (Wildman–Crippen MR) is 50.9 cm³/mol. The molecule has 1 saturated heterocycles. The number of aliphatic carboxylic acids is 1. The second-order valence-corrected chi connectivity index (χ2v) is 3.44. The third-order valence-corrected chi connectivity index (χ3v) is 2.26. The molecule has 0 aliphatic carbocycles. The molecule has 2 N–H and O–H groups in total. The molecular weight excluding hydrogens is 184 g/mol. The Balaban J connectivity index is 1.94. The van der Waals surface area contributed by atoms with E-state index < -0.39 is 5.97 Å². The van der Waals surface area contributed by atoms with Gasteiger partial charge in [0.25, 0.3) is 0 Å². The van der Waals surface area contributed by atoms with E-state index in [1.807, 2.05) is 0 Å². The van der Waals surface area contributed by atoms with Crippen molar-refractivity contribution in [2.24, 2.45) is 0 Å². The summed E-state index contributed by atoms with van der Waals surface area (Å²) in [5, 5.41) is 11.0. The summed E-state index contributed by atoms with van der Waals surface area (Å²) in [4.78, 5) is 23.4. The first kappa shape index (κ1) is 11.0. The lowest BCUT2D eigenvalue weighted by Gasteiger charge is -2.30. The van der Waals surface area contributed by atoms with Gasteiger partial charge in [-0.05, 0) is 19.5 Å². The number of carboxylic acids is 1. The van der Waals surface area contributed by atoms with Crippen LogP contribution in [0.15, 0.2) is 0 Å². The lowest BCUT2D eigenvalue weighted by atomic mass is 10.2. The van der Waals surface area contributed by atoms with Crippen molar-refractivity contribution in [3.05, 3.63) is 0 Å². The molecule has 0 radical (unpaired) electrons. The van der Waals surface area contributed by atoms with Crippen LogP contribution in [-0.4, -0.2) is 48.1 Å². The first-order valence-corrected chi connectivity index (χ1v) is 4.89. The SMILES string of the molecule is O=C(O)CCC(=O)NCCN1CCC1. The molecule has 5 heteroatoms. The second-order valence-electron chi connectivity index (χ2n) is 3.44. The Hall–Kier alpha value is -1.10. The summed E-state index contributed by atoms with van der Waals surface area (Å²) >= 11 is 0. The van der Waals surface area contributed by atoms with E-state index in [1.165, 1.54) is 6.42 Å². The fraction of sp³-hybridized carbons (Fsp3) is 0.778. The van der Waals surface area contributed by atoms with Gasteiger partial charge >= 0.3 is 5.97 Å². The molecule has 1 amide bonds. The van der Waals surface area contributed by atoms with Gasteiger partial charge in [-0.15, -0.1) is 0 Å². The lowest BCUT2D eigenvalue weighted by Crippen LogP contribution is -2.42. The number of nitrogens with zero attached hydrogens (tertiary/aromatic N) is 1. The average Bonchev–Trinajstić information content (AvgIpc) is 2.06. The van der Waals surface area contributed by atoms with Crippen LogP contribution in [0, 0.1) is 0 Å². The van der Waals surface area contributed by atoms with Gasteiger partial charge in [0.2, 0.25) is 5.91 Å². The van der Waals surface area contributed by atoms with Crippen molar-refractivity contribution in [1.29, 1.82) is 0 Å². The first-order valence-electron chi connectivity index (χ1n) is 4.89. The summed E-state index contributed by atoms with van der Waals surface area (Å²) in [6.45, 7) is 3.73. The van der Waals surface area contributed by atoms with Crippen molar-refractivity contribution in [3.8, 4) is 0 Å². The molecule has 0 spiro atoms. The van der Waals surface area contributed by atoms with Gasteiger partial charge in [0, 0.05) is 19.5 Å². The van der Waals surface area contributed by atoms with Crippen LogP contribution in [0.3, 0.4) is 0 Å². The van der Waals surface area contributed by atoms with Crippen LogP contribution in [0.5, 0.6) is 0 Å². The molecule has 1 aliphatic heterocycles. The van der Waals surface area contributed by atoms with Crippen LogP contribution in [0.4, 0.5) is 0 Å². The number of amides is 1. The van der Waals surface area contributed by atoms with Crippen LogP contribution in [0.2, 0.25) is 0 Å². The maximum Gasteiger partial charge on any atom is 0.303 e. The highest BCUT2D eigenvalue weighted by molar-refractivity contribution is 5.80. The van der Waals surface area contributed by atoms with Crippen molar-refractivity contribution >= 4 is 11.9 Å². The molecule has 5 nitrogen and oxygen atoms in total. The zero-order valence-corrected chi connectivity index (χ0v) is 8.16. The van der Waals surface area contributed by atoms with Crippen molar-refractivity contribution in [3.63, 3.8) is 0 Å². The first-order chi connectivity index (χ1) is 6.68. The van der Waals surface area contributed by atoms with Crippen molar-refractivity contribution in [2.75, 3.05) is 26.2 Å². The molecule has 1 rings (SSSR count). The van der Waals surface area contributed by atoms with E-state index in [0.29, 0.717) is 6.54 Å². The summed E-state index contributed by atoms with van der Waals surface area (Å²) in [6, 6.07) is 0. The minimum atomic E-state index is -0.928. The second kappa shape index (κ2) is 5.59. The summed E-state index contributed by atoms with van der Waals surface area (Å²) in [7, 11) is 0. The Kier molecular flexibility index (Phi) is 4.39. The minimum Gasteiger partial charge on any atom is -0.481 e. The minimum absolute atomic E-state index is 0.0787. The fourth-order valence-electron chi connectivity index (χ4n) is 1.27. The van der Waals surface area contributed by atoms with E-state index >= 15 is 0 Å². The lowest BCUT2D eigenvalue weighted by molar-refractivity contribution is -0.138. The third-order valence-electron chi connectivity index (χ3n) is 2.26. The Morgan fingerprint density at radius 3 is 2.50 bits per heavy atom. The molecule has 0 atom stereocenters. The van der Waals surface area contributed by atoms with Crippen LogP contribution >= 0.6 is 0 Å². The Morgan fingerprint density at radius 1 is 1.29 bits per heavy atom. The third kappa shape index (κ3) is 4.23. The highest BCUT2D eigenvalue weighted by Gasteiger charge is 2.12. The number of hydrogen-bond donors (Lipinski definition) is 2. The summed E-state index contributed by atoms with van der Waals surface area (Å²) in [6.07, 6.45) is 1.23. The van der Waals surface area contributed by atoms with Gasteiger partial charge in [0.1, 0.15) is 0 Å². The fourth-order valence-corrected chi connectivity index (χ4v) is 1.27. The van der Waals surface area contributed by atoms with Crippen LogP contribution in [0.1, 0.15) is 19.3 Å². The van der Waals surface area contributed by atoms with Gasteiger partial charge in [0.15, 0.2) is 0 Å². The number of carboxylic acid groups (broad SMARTS) is 1. The zero-order valence-electron chi connectivity index (χ0n) is 8.16. The molecule has 0 aromatic rings. The quantitative estimate of drug-likeness (QED) is 0.616. The number of carbonyl (C=O) groups is 2. The molecule has 1 aliphatic rings. The van der Waals surface area contributed by atoms with Crippen molar-refractivity contribution < 1.29 is 14.7 Å². The summed E-state index contributed by atoms with van der Waals surface area (Å²) in [5.74, 6) is -1.10. The molecule has 80 valence electrons. The molecule has 0 aromatic carbocycles. The smallest absolute Gasteiger partial charge is 0.303 e. The van der Waals surface area contributed by atoms with Crippen LogP contribution in [-0.2, 0) is 9.59 Å². The average molecular weight is 200 g/mol. The monoisotopic (exact) mass is 200 g/mol. The van der Waals surface area contributed by atoms with Gasteiger partial charge in [-0.3, -0.25) is 9.59 Å². The van der Waals surface area contributed by atoms with Crippen molar-refractivity contribution in [2.45, 2.75) is 19.3 Å². The maximum absolute atomic E-state index is 11.0. The molecule has 0 bridgehead atoms. The number of hydrogen-bond acceptors (Lipinski definition) is 3. The largest absolute Gasteiger partial charge is 0.481 e. The number of rotatable bonds is 6. The Bertz CT molecular complexity index is 214. The van der Waals surface area contributed by atoms with E-state index in [2.05, 4.69) is 10.2 Å². The Morgan fingerprint density at radius 2 is 2.00 bits per heavy atom. The molecule has 0 aromatic heterocycles. The number of carbonyl (C=O) groups excluding carboxylic acids is 1. The normalized spacial score (nSPS) is 16.0. The van der Waals surface area contributed by atoms with E-state index in [0.717, 1.165) is 19.6 Å². The van der Waals surface area contributed by atoms with Gasteiger partial charge in [-0.1, -0.05) is 0 Å². The molecule has 0 saturated carbocycles. The molecule has 1 fully saturated rings. The van der Waals surface area contributed by atoms with E-state index in [9.17, 15) is 9.59 Å².